The highest BCUT2D eigenvalue weighted by atomic mass is 19.1. The molecule has 0 heterocycles. The zero-order valence-electron chi connectivity index (χ0n) is 9.82. The lowest BCUT2D eigenvalue weighted by Crippen LogP contribution is -2.08. The van der Waals surface area contributed by atoms with Crippen LogP contribution in [0.5, 0.6) is 5.75 Å². The second-order valence-electron chi connectivity index (χ2n) is 4.08. The van der Waals surface area contributed by atoms with Gasteiger partial charge in [-0.1, -0.05) is 12.1 Å². The van der Waals surface area contributed by atoms with Crippen molar-refractivity contribution in [2.75, 3.05) is 5.32 Å². The molecule has 0 aliphatic rings. The zero-order valence-corrected chi connectivity index (χ0v) is 9.82. The highest BCUT2D eigenvalue weighted by Crippen LogP contribution is 2.24. The molecule has 4 heteroatoms. The van der Waals surface area contributed by atoms with Gasteiger partial charge in [0.1, 0.15) is 17.4 Å². The van der Waals surface area contributed by atoms with Crippen LogP contribution < -0.4 is 5.32 Å². The van der Waals surface area contributed by atoms with E-state index in [1.807, 2.05) is 0 Å². The minimum atomic E-state index is -0.494. The smallest absolute Gasteiger partial charge is 0.132 e. The summed E-state index contributed by atoms with van der Waals surface area (Å²) >= 11 is 0. The Kier molecular flexibility index (Phi) is 3.46. The summed E-state index contributed by atoms with van der Waals surface area (Å²) in [6.07, 6.45) is 0. The molecule has 0 aliphatic carbocycles. The third-order valence-electron chi connectivity index (χ3n) is 2.66. The maximum absolute atomic E-state index is 13.6. The van der Waals surface area contributed by atoms with Crippen molar-refractivity contribution in [1.29, 1.82) is 0 Å². The fraction of sp³-hybridized carbons (Fsp3) is 0.143. The van der Waals surface area contributed by atoms with Gasteiger partial charge in [0, 0.05) is 17.3 Å². The summed E-state index contributed by atoms with van der Waals surface area (Å²) in [6, 6.07) is 9.62. The number of anilines is 1. The average Bonchev–Trinajstić information content (AvgIpc) is 2.28. The van der Waals surface area contributed by atoms with E-state index in [1.165, 1.54) is 24.3 Å². The van der Waals surface area contributed by atoms with E-state index in [-0.39, 0.29) is 17.6 Å². The molecule has 2 rings (SSSR count). The minimum Gasteiger partial charge on any atom is -0.508 e. The van der Waals surface area contributed by atoms with Crippen LogP contribution in [0, 0.1) is 11.6 Å². The Bertz CT molecular complexity index is 557. The minimum absolute atomic E-state index is 0.116. The number of rotatable bonds is 3. The fourth-order valence-electron chi connectivity index (χ4n) is 1.77. The molecule has 2 N–H and O–H groups in total. The molecule has 0 spiro atoms. The molecule has 0 fully saturated rings. The van der Waals surface area contributed by atoms with Gasteiger partial charge in [-0.05, 0) is 31.2 Å². The summed E-state index contributed by atoms with van der Waals surface area (Å²) < 4.78 is 26.6. The van der Waals surface area contributed by atoms with Crippen molar-refractivity contribution < 1.29 is 13.9 Å². The number of phenolic OH excluding ortho intramolecular Hbond substituents is 1. The topological polar surface area (TPSA) is 32.3 Å². The summed E-state index contributed by atoms with van der Waals surface area (Å²) in [5.41, 5.74) is 0.993. The van der Waals surface area contributed by atoms with Gasteiger partial charge >= 0.3 is 0 Å². The fourth-order valence-corrected chi connectivity index (χ4v) is 1.77. The molecule has 0 saturated heterocycles. The monoisotopic (exact) mass is 249 g/mol. The Labute approximate surface area is 104 Å². The highest BCUT2D eigenvalue weighted by Gasteiger charge is 2.11. The van der Waals surface area contributed by atoms with Gasteiger partial charge in [-0.3, -0.25) is 0 Å². The third kappa shape index (κ3) is 2.77. The van der Waals surface area contributed by atoms with Crippen LogP contribution in [0.3, 0.4) is 0 Å². The molecule has 18 heavy (non-hydrogen) atoms. The van der Waals surface area contributed by atoms with Crippen molar-refractivity contribution >= 4 is 5.69 Å². The van der Waals surface area contributed by atoms with E-state index in [4.69, 9.17) is 5.11 Å². The van der Waals surface area contributed by atoms with E-state index in [0.29, 0.717) is 11.3 Å². The van der Waals surface area contributed by atoms with Gasteiger partial charge < -0.3 is 10.4 Å². The van der Waals surface area contributed by atoms with Crippen LogP contribution in [-0.4, -0.2) is 5.11 Å². The van der Waals surface area contributed by atoms with Crippen molar-refractivity contribution in [3.63, 3.8) is 0 Å². The predicted molar refractivity (Wildman–Crippen MR) is 66.5 cm³/mol. The zero-order chi connectivity index (χ0) is 13.1. The Balaban J connectivity index is 2.19. The largest absolute Gasteiger partial charge is 0.508 e. The predicted octanol–water partition coefficient (Wildman–Crippen LogP) is 3.84. The maximum atomic E-state index is 13.6. The Hall–Kier alpha value is -2.10. The lowest BCUT2D eigenvalue weighted by atomic mass is 10.1. The van der Waals surface area contributed by atoms with Crippen LogP contribution in [0.25, 0.3) is 0 Å². The maximum Gasteiger partial charge on any atom is 0.132 e. The summed E-state index contributed by atoms with van der Waals surface area (Å²) in [5.74, 6) is -0.959. The third-order valence-corrected chi connectivity index (χ3v) is 2.66. The molecule has 1 unspecified atom stereocenters. The number of hydrogen-bond acceptors (Lipinski definition) is 2. The Morgan fingerprint density at radius 2 is 1.89 bits per heavy atom. The summed E-state index contributed by atoms with van der Waals surface area (Å²) in [4.78, 5) is 0. The van der Waals surface area contributed by atoms with Crippen molar-refractivity contribution in [2.24, 2.45) is 0 Å². The van der Waals surface area contributed by atoms with Gasteiger partial charge in [0.2, 0.25) is 0 Å². The van der Waals surface area contributed by atoms with E-state index in [0.717, 1.165) is 6.07 Å². The van der Waals surface area contributed by atoms with Crippen LogP contribution in [0.2, 0.25) is 0 Å². The van der Waals surface area contributed by atoms with Gasteiger partial charge in [-0.2, -0.15) is 0 Å². The average molecular weight is 249 g/mol. The summed E-state index contributed by atoms with van der Waals surface area (Å²) in [7, 11) is 0. The van der Waals surface area contributed by atoms with Gasteiger partial charge in [-0.15, -0.1) is 0 Å². The molecule has 0 bridgehead atoms. The van der Waals surface area contributed by atoms with Crippen molar-refractivity contribution in [2.45, 2.75) is 13.0 Å². The molecule has 0 aromatic heterocycles. The standard InChI is InChI=1S/C14H13F2NO/c1-9(13-6-5-12(18)8-14(13)16)17-11-4-2-3-10(15)7-11/h2-9,17-18H,1H3. The Morgan fingerprint density at radius 1 is 1.11 bits per heavy atom. The number of halogens is 2. The Morgan fingerprint density at radius 3 is 2.56 bits per heavy atom. The molecule has 0 saturated carbocycles. The molecule has 2 nitrogen and oxygen atoms in total. The molecule has 0 amide bonds. The molecular formula is C14H13F2NO. The van der Waals surface area contributed by atoms with Crippen LogP contribution >= 0.6 is 0 Å². The lowest BCUT2D eigenvalue weighted by Gasteiger charge is -2.16. The van der Waals surface area contributed by atoms with Crippen LogP contribution in [-0.2, 0) is 0 Å². The number of benzene rings is 2. The van der Waals surface area contributed by atoms with Gasteiger partial charge in [0.15, 0.2) is 0 Å². The van der Waals surface area contributed by atoms with Crippen LogP contribution in [0.1, 0.15) is 18.5 Å². The molecule has 1 atom stereocenters. The number of nitrogens with one attached hydrogen (secondary N) is 1. The molecule has 2 aromatic rings. The molecule has 2 aromatic carbocycles. The van der Waals surface area contributed by atoms with E-state index in [1.54, 1.807) is 19.1 Å². The summed E-state index contributed by atoms with van der Waals surface area (Å²) in [5, 5.41) is 12.1. The molecule has 0 aliphatic heterocycles. The van der Waals surface area contributed by atoms with Crippen LogP contribution in [0.15, 0.2) is 42.5 Å². The first-order valence-electron chi connectivity index (χ1n) is 5.57. The molecular weight excluding hydrogens is 236 g/mol. The van der Waals surface area contributed by atoms with Crippen molar-refractivity contribution in [1.82, 2.24) is 0 Å². The van der Waals surface area contributed by atoms with E-state index in [2.05, 4.69) is 5.32 Å². The number of aromatic hydroxyl groups is 1. The van der Waals surface area contributed by atoms with E-state index >= 15 is 0 Å². The van der Waals surface area contributed by atoms with E-state index in [9.17, 15) is 8.78 Å². The lowest BCUT2D eigenvalue weighted by molar-refractivity contribution is 0.467. The molecule has 94 valence electrons. The van der Waals surface area contributed by atoms with Gasteiger partial charge in [0.25, 0.3) is 0 Å². The van der Waals surface area contributed by atoms with Crippen molar-refractivity contribution in [3.05, 3.63) is 59.7 Å². The second kappa shape index (κ2) is 5.04. The first kappa shape index (κ1) is 12.4. The number of phenols is 1. The SMILES string of the molecule is CC(Nc1cccc(F)c1)c1ccc(O)cc1F. The highest BCUT2D eigenvalue weighted by molar-refractivity contribution is 5.46. The van der Waals surface area contributed by atoms with E-state index < -0.39 is 5.82 Å². The normalized spacial score (nSPS) is 12.2. The summed E-state index contributed by atoms with van der Waals surface area (Å²) in [6.45, 7) is 1.76. The molecule has 0 radical (unpaired) electrons. The first-order valence-corrected chi connectivity index (χ1v) is 5.57. The number of hydrogen-bond donors (Lipinski definition) is 2. The quantitative estimate of drug-likeness (QED) is 0.866. The van der Waals surface area contributed by atoms with Gasteiger partial charge in [0.05, 0.1) is 6.04 Å². The van der Waals surface area contributed by atoms with Gasteiger partial charge in [-0.25, -0.2) is 8.78 Å². The first-order chi connectivity index (χ1) is 8.56. The van der Waals surface area contributed by atoms with Crippen molar-refractivity contribution in [3.8, 4) is 5.75 Å². The second-order valence-corrected chi connectivity index (χ2v) is 4.08. The van der Waals surface area contributed by atoms with Crippen LogP contribution in [0.4, 0.5) is 14.5 Å².